The molecule has 2 aromatic carbocycles. The number of imide groups is 1. The quantitative estimate of drug-likeness (QED) is 0.769. The van der Waals surface area contributed by atoms with Gasteiger partial charge < -0.3 is 10.1 Å². The lowest BCUT2D eigenvalue weighted by molar-refractivity contribution is -0.139. The third kappa shape index (κ3) is 4.56. The van der Waals surface area contributed by atoms with Gasteiger partial charge in [0, 0.05) is 18.5 Å². The van der Waals surface area contributed by atoms with Crippen molar-refractivity contribution in [2.45, 2.75) is 25.9 Å². The highest BCUT2D eigenvalue weighted by Gasteiger charge is 2.34. The molecule has 1 aliphatic rings. The maximum Gasteiger partial charge on any atom is 0.419 e. The molecule has 0 radical (unpaired) electrons. The number of aryl methyl sites for hydroxylation is 1. The molecule has 29 heavy (non-hydrogen) atoms. The number of anilines is 2. The number of halogens is 3. The molecular weight excluding hydrogens is 389 g/mol. The van der Waals surface area contributed by atoms with Crippen molar-refractivity contribution in [1.29, 1.82) is 0 Å². The summed E-state index contributed by atoms with van der Waals surface area (Å²) in [4.78, 5) is 36.9. The van der Waals surface area contributed by atoms with Crippen LogP contribution >= 0.6 is 0 Å². The molecule has 0 bridgehead atoms. The SMILES string of the molecule is Cc1cc(NC(=O)COc2ccccc2C(F)(F)F)ccc1N1C(=O)CCC1=O. The van der Waals surface area contributed by atoms with E-state index < -0.39 is 30.0 Å². The van der Waals surface area contributed by atoms with Gasteiger partial charge in [0.05, 0.1) is 11.3 Å². The average molecular weight is 406 g/mol. The molecule has 1 fully saturated rings. The van der Waals surface area contributed by atoms with Crippen molar-refractivity contribution < 1.29 is 32.3 Å². The monoisotopic (exact) mass is 406 g/mol. The minimum atomic E-state index is -4.59. The number of carbonyl (C=O) groups is 3. The predicted molar refractivity (Wildman–Crippen MR) is 98.5 cm³/mol. The Bertz CT molecular complexity index is 956. The van der Waals surface area contributed by atoms with Crippen molar-refractivity contribution in [3.63, 3.8) is 0 Å². The molecule has 1 saturated heterocycles. The number of carbonyl (C=O) groups excluding carboxylic acids is 3. The van der Waals surface area contributed by atoms with Crippen LogP contribution in [-0.4, -0.2) is 24.3 Å². The minimum Gasteiger partial charge on any atom is -0.483 e. The second kappa shape index (κ2) is 7.94. The first-order valence-electron chi connectivity index (χ1n) is 8.72. The summed E-state index contributed by atoms with van der Waals surface area (Å²) in [6.45, 7) is 1.07. The van der Waals surface area contributed by atoms with E-state index in [2.05, 4.69) is 5.32 Å². The lowest BCUT2D eigenvalue weighted by atomic mass is 10.1. The van der Waals surface area contributed by atoms with Crippen LogP contribution in [0.15, 0.2) is 42.5 Å². The normalized spacial score (nSPS) is 14.3. The van der Waals surface area contributed by atoms with Gasteiger partial charge in [-0.25, -0.2) is 0 Å². The van der Waals surface area contributed by atoms with Gasteiger partial charge in [-0.2, -0.15) is 13.2 Å². The van der Waals surface area contributed by atoms with Crippen LogP contribution in [0.25, 0.3) is 0 Å². The molecule has 1 heterocycles. The fraction of sp³-hybridized carbons (Fsp3) is 0.250. The van der Waals surface area contributed by atoms with Gasteiger partial charge in [-0.1, -0.05) is 12.1 Å². The average Bonchev–Trinajstić information content (AvgIpc) is 2.98. The maximum absolute atomic E-state index is 13.0. The Kier molecular flexibility index (Phi) is 5.58. The predicted octanol–water partition coefficient (Wildman–Crippen LogP) is 3.68. The molecule has 1 N–H and O–H groups in total. The highest BCUT2D eigenvalue weighted by Crippen LogP contribution is 2.36. The lowest BCUT2D eigenvalue weighted by Gasteiger charge is -2.18. The van der Waals surface area contributed by atoms with Crippen LogP contribution in [0.3, 0.4) is 0 Å². The van der Waals surface area contributed by atoms with E-state index in [-0.39, 0.29) is 24.7 Å². The van der Waals surface area contributed by atoms with Crippen molar-refractivity contribution in [1.82, 2.24) is 0 Å². The van der Waals surface area contributed by atoms with Crippen LogP contribution in [-0.2, 0) is 20.6 Å². The van der Waals surface area contributed by atoms with Crippen molar-refractivity contribution in [2.75, 3.05) is 16.8 Å². The minimum absolute atomic E-state index is 0.160. The molecule has 0 atom stereocenters. The zero-order valence-electron chi connectivity index (χ0n) is 15.4. The highest BCUT2D eigenvalue weighted by atomic mass is 19.4. The summed E-state index contributed by atoms with van der Waals surface area (Å²) in [5.41, 5.74) is 0.427. The molecular formula is C20H17F3N2O4. The molecule has 0 saturated carbocycles. The number of hydrogen-bond donors (Lipinski definition) is 1. The van der Waals surface area contributed by atoms with Crippen molar-refractivity contribution in [3.8, 4) is 5.75 Å². The van der Waals surface area contributed by atoms with Crippen LogP contribution < -0.4 is 15.0 Å². The molecule has 9 heteroatoms. The molecule has 3 amide bonds. The fourth-order valence-corrected chi connectivity index (χ4v) is 3.00. The molecule has 6 nitrogen and oxygen atoms in total. The number of nitrogens with one attached hydrogen (secondary N) is 1. The first-order chi connectivity index (χ1) is 13.7. The molecule has 0 aromatic heterocycles. The molecule has 0 unspecified atom stereocenters. The third-order valence-electron chi connectivity index (χ3n) is 4.32. The molecule has 1 aliphatic heterocycles. The van der Waals surface area contributed by atoms with Crippen molar-refractivity contribution >= 4 is 29.1 Å². The van der Waals surface area contributed by atoms with Gasteiger partial charge in [-0.3, -0.25) is 19.3 Å². The third-order valence-corrected chi connectivity index (χ3v) is 4.32. The second-order valence-electron chi connectivity index (χ2n) is 6.45. The van der Waals surface area contributed by atoms with Gasteiger partial charge in [0.15, 0.2) is 6.61 Å². The van der Waals surface area contributed by atoms with Crippen LogP contribution in [0, 0.1) is 6.92 Å². The first-order valence-corrected chi connectivity index (χ1v) is 8.72. The molecule has 3 rings (SSSR count). The van der Waals surface area contributed by atoms with Gasteiger partial charge in [0.1, 0.15) is 5.75 Å². The van der Waals surface area contributed by atoms with Gasteiger partial charge in [-0.15, -0.1) is 0 Å². The Morgan fingerprint density at radius 1 is 1.10 bits per heavy atom. The number of ether oxygens (including phenoxy) is 1. The van der Waals surface area contributed by atoms with E-state index in [1.54, 1.807) is 13.0 Å². The summed E-state index contributed by atoms with van der Waals surface area (Å²) in [6, 6.07) is 9.22. The van der Waals surface area contributed by atoms with Gasteiger partial charge in [0.2, 0.25) is 11.8 Å². The number of amides is 3. The van der Waals surface area contributed by atoms with E-state index in [1.165, 1.54) is 24.3 Å². The summed E-state index contributed by atoms with van der Waals surface area (Å²) in [5.74, 6) is -1.66. The number of para-hydroxylation sites is 1. The number of rotatable bonds is 5. The summed E-state index contributed by atoms with van der Waals surface area (Å²) in [6.07, 6.45) is -4.27. The summed E-state index contributed by atoms with van der Waals surface area (Å²) < 4.78 is 43.9. The first kappa shape index (κ1) is 20.4. The fourth-order valence-electron chi connectivity index (χ4n) is 3.00. The zero-order chi connectivity index (χ0) is 21.2. The van der Waals surface area contributed by atoms with E-state index >= 15 is 0 Å². The Morgan fingerprint density at radius 2 is 1.76 bits per heavy atom. The van der Waals surface area contributed by atoms with Gasteiger partial charge in [0.25, 0.3) is 5.91 Å². The van der Waals surface area contributed by atoms with Gasteiger partial charge in [-0.05, 0) is 42.8 Å². The standard InChI is InChI=1S/C20H17F3N2O4/c1-12-10-13(6-7-15(12)25-18(27)8-9-19(25)28)24-17(26)11-29-16-5-3-2-4-14(16)20(21,22)23/h2-7,10H,8-9,11H2,1H3,(H,24,26). The van der Waals surface area contributed by atoms with Crippen LogP contribution in [0.1, 0.15) is 24.0 Å². The summed E-state index contributed by atoms with van der Waals surface area (Å²) >= 11 is 0. The van der Waals surface area contributed by atoms with Crippen molar-refractivity contribution in [3.05, 3.63) is 53.6 Å². The van der Waals surface area contributed by atoms with E-state index in [0.29, 0.717) is 16.9 Å². The number of alkyl halides is 3. The number of benzene rings is 2. The van der Waals surface area contributed by atoms with E-state index in [0.717, 1.165) is 17.0 Å². The topological polar surface area (TPSA) is 75.7 Å². The molecule has 0 spiro atoms. The largest absolute Gasteiger partial charge is 0.483 e. The molecule has 152 valence electrons. The smallest absolute Gasteiger partial charge is 0.419 e. The Hall–Kier alpha value is -3.36. The summed E-state index contributed by atoms with van der Waals surface area (Å²) in [5, 5.41) is 2.52. The Balaban J connectivity index is 1.66. The number of hydrogen-bond acceptors (Lipinski definition) is 4. The number of nitrogens with zero attached hydrogens (tertiary/aromatic N) is 1. The van der Waals surface area contributed by atoms with Crippen LogP contribution in [0.5, 0.6) is 5.75 Å². The van der Waals surface area contributed by atoms with E-state index in [4.69, 9.17) is 4.74 Å². The highest BCUT2D eigenvalue weighted by molar-refractivity contribution is 6.20. The second-order valence-corrected chi connectivity index (χ2v) is 6.45. The van der Waals surface area contributed by atoms with E-state index in [1.807, 2.05) is 0 Å². The Labute approximate surface area is 164 Å². The molecule has 2 aromatic rings. The zero-order valence-corrected chi connectivity index (χ0v) is 15.4. The van der Waals surface area contributed by atoms with Crippen molar-refractivity contribution in [2.24, 2.45) is 0 Å². The Morgan fingerprint density at radius 3 is 2.38 bits per heavy atom. The maximum atomic E-state index is 13.0. The van der Waals surface area contributed by atoms with E-state index in [9.17, 15) is 27.6 Å². The van der Waals surface area contributed by atoms with Crippen LogP contribution in [0.4, 0.5) is 24.5 Å². The lowest BCUT2D eigenvalue weighted by Crippen LogP contribution is -2.29. The van der Waals surface area contributed by atoms with Gasteiger partial charge >= 0.3 is 6.18 Å². The summed E-state index contributed by atoms with van der Waals surface area (Å²) in [7, 11) is 0. The van der Waals surface area contributed by atoms with Crippen LogP contribution in [0.2, 0.25) is 0 Å². The molecule has 0 aliphatic carbocycles.